The van der Waals surface area contributed by atoms with E-state index in [0.29, 0.717) is 13.0 Å². The van der Waals surface area contributed by atoms with Crippen LogP contribution in [-0.4, -0.2) is 6.61 Å². The quantitative estimate of drug-likeness (QED) is 0.809. The summed E-state index contributed by atoms with van der Waals surface area (Å²) in [6, 6.07) is 8.45. The lowest BCUT2D eigenvalue weighted by Gasteiger charge is -2.22. The van der Waals surface area contributed by atoms with Crippen molar-refractivity contribution in [1.82, 2.24) is 0 Å². The molecule has 1 aliphatic rings. The molecule has 0 amide bonds. The van der Waals surface area contributed by atoms with Crippen molar-refractivity contribution in [2.24, 2.45) is 5.73 Å². The molecule has 0 aromatic heterocycles. The molecule has 1 atom stereocenters. The van der Waals surface area contributed by atoms with Crippen molar-refractivity contribution >= 4 is 0 Å². The zero-order valence-electron chi connectivity index (χ0n) is 9.98. The van der Waals surface area contributed by atoms with Gasteiger partial charge in [0.2, 0.25) is 0 Å². The molecule has 0 aliphatic heterocycles. The molecule has 0 saturated heterocycles. The fourth-order valence-corrected chi connectivity index (χ4v) is 2.24. The van der Waals surface area contributed by atoms with E-state index in [9.17, 15) is 0 Å². The fourth-order valence-electron chi connectivity index (χ4n) is 2.24. The van der Waals surface area contributed by atoms with E-state index in [2.05, 4.69) is 18.2 Å². The zero-order valence-corrected chi connectivity index (χ0v) is 9.98. The van der Waals surface area contributed by atoms with Crippen LogP contribution in [-0.2, 0) is 6.42 Å². The second-order valence-electron chi connectivity index (χ2n) is 4.47. The van der Waals surface area contributed by atoms with Crippen molar-refractivity contribution in [1.29, 1.82) is 5.26 Å². The Bertz CT molecular complexity index is 423. The monoisotopic (exact) mass is 230 g/mol. The summed E-state index contributed by atoms with van der Waals surface area (Å²) >= 11 is 0. The van der Waals surface area contributed by atoms with Gasteiger partial charge in [0.15, 0.2) is 0 Å². The van der Waals surface area contributed by atoms with Crippen LogP contribution in [0.15, 0.2) is 18.2 Å². The summed E-state index contributed by atoms with van der Waals surface area (Å²) in [6.45, 7) is 0.599. The van der Waals surface area contributed by atoms with Gasteiger partial charge in [0.05, 0.1) is 12.7 Å². The molecular weight excluding hydrogens is 212 g/mol. The Kier molecular flexibility index (Phi) is 4.00. The van der Waals surface area contributed by atoms with Crippen molar-refractivity contribution in [3.05, 3.63) is 29.3 Å². The van der Waals surface area contributed by atoms with Gasteiger partial charge in [0.1, 0.15) is 5.75 Å². The molecule has 90 valence electrons. The number of nitrogens with zero attached hydrogens (tertiary/aromatic N) is 1. The Hall–Kier alpha value is -1.53. The molecule has 3 nitrogen and oxygen atoms in total. The van der Waals surface area contributed by atoms with Gasteiger partial charge in [-0.05, 0) is 48.9 Å². The van der Waals surface area contributed by atoms with Gasteiger partial charge in [0.25, 0.3) is 0 Å². The summed E-state index contributed by atoms with van der Waals surface area (Å²) in [7, 11) is 0. The third-order valence-electron chi connectivity index (χ3n) is 3.18. The molecule has 0 radical (unpaired) electrons. The second-order valence-corrected chi connectivity index (χ2v) is 4.47. The highest BCUT2D eigenvalue weighted by molar-refractivity contribution is 5.39. The van der Waals surface area contributed by atoms with E-state index in [1.54, 1.807) is 0 Å². The minimum atomic E-state index is 0.154. The normalized spacial score (nSPS) is 18.2. The van der Waals surface area contributed by atoms with E-state index >= 15 is 0 Å². The van der Waals surface area contributed by atoms with Crippen LogP contribution in [0.4, 0.5) is 0 Å². The molecule has 2 N–H and O–H groups in total. The molecule has 3 heteroatoms. The van der Waals surface area contributed by atoms with E-state index in [1.165, 1.54) is 17.5 Å². The highest BCUT2D eigenvalue weighted by atomic mass is 16.5. The lowest BCUT2D eigenvalue weighted by Crippen LogP contribution is -2.17. The first-order chi connectivity index (χ1) is 8.31. The molecule has 0 unspecified atom stereocenters. The fraction of sp³-hybridized carbons (Fsp3) is 0.500. The molecular formula is C14H18N2O. The topological polar surface area (TPSA) is 59.0 Å². The predicted octanol–water partition coefficient (Wildman–Crippen LogP) is 2.71. The first-order valence-corrected chi connectivity index (χ1v) is 6.19. The smallest absolute Gasteiger partial charge is 0.119 e. The van der Waals surface area contributed by atoms with E-state index in [1.807, 2.05) is 6.07 Å². The van der Waals surface area contributed by atoms with Gasteiger partial charge in [-0.15, -0.1) is 0 Å². The van der Waals surface area contributed by atoms with Crippen LogP contribution >= 0.6 is 0 Å². The van der Waals surface area contributed by atoms with Crippen LogP contribution in [0.3, 0.4) is 0 Å². The molecule has 1 aliphatic carbocycles. The second kappa shape index (κ2) is 5.70. The predicted molar refractivity (Wildman–Crippen MR) is 66.7 cm³/mol. The number of hydrogen-bond donors (Lipinski definition) is 1. The number of hydrogen-bond acceptors (Lipinski definition) is 3. The lowest BCUT2D eigenvalue weighted by molar-refractivity contribution is 0.312. The molecule has 1 aromatic carbocycles. The Labute approximate surface area is 102 Å². The van der Waals surface area contributed by atoms with Crippen LogP contribution in [0.1, 0.15) is 42.9 Å². The molecule has 0 spiro atoms. The van der Waals surface area contributed by atoms with Crippen LogP contribution in [0.5, 0.6) is 5.75 Å². The number of benzene rings is 1. The van der Waals surface area contributed by atoms with E-state index < -0.39 is 0 Å². The number of fused-ring (bicyclic) bond motifs is 1. The Morgan fingerprint density at radius 3 is 3.18 bits per heavy atom. The molecule has 0 heterocycles. The number of rotatable bonds is 4. The number of aryl methyl sites for hydroxylation is 1. The number of nitriles is 1. The maximum absolute atomic E-state index is 8.43. The van der Waals surface area contributed by atoms with E-state index in [-0.39, 0.29) is 6.04 Å². The summed E-state index contributed by atoms with van der Waals surface area (Å²) in [5.41, 5.74) is 8.68. The van der Waals surface area contributed by atoms with Gasteiger partial charge < -0.3 is 10.5 Å². The third kappa shape index (κ3) is 2.98. The molecule has 2 rings (SSSR count). The van der Waals surface area contributed by atoms with Gasteiger partial charge in [-0.3, -0.25) is 0 Å². The van der Waals surface area contributed by atoms with Crippen LogP contribution in [0, 0.1) is 11.3 Å². The van der Waals surface area contributed by atoms with E-state index in [0.717, 1.165) is 25.0 Å². The maximum atomic E-state index is 8.43. The largest absolute Gasteiger partial charge is 0.494 e. The van der Waals surface area contributed by atoms with Gasteiger partial charge in [0, 0.05) is 12.5 Å². The summed E-state index contributed by atoms with van der Waals surface area (Å²) in [4.78, 5) is 0. The molecule has 0 fully saturated rings. The Morgan fingerprint density at radius 2 is 2.35 bits per heavy atom. The van der Waals surface area contributed by atoms with Crippen molar-refractivity contribution in [3.63, 3.8) is 0 Å². The molecule has 17 heavy (non-hydrogen) atoms. The molecule has 0 bridgehead atoms. The summed E-state index contributed by atoms with van der Waals surface area (Å²) < 4.78 is 5.62. The summed E-state index contributed by atoms with van der Waals surface area (Å²) in [6.07, 6.45) is 4.68. The van der Waals surface area contributed by atoms with Crippen molar-refractivity contribution in [2.45, 2.75) is 38.1 Å². The minimum Gasteiger partial charge on any atom is -0.494 e. The lowest BCUT2D eigenvalue weighted by atomic mass is 9.88. The van der Waals surface area contributed by atoms with E-state index in [4.69, 9.17) is 15.7 Å². The van der Waals surface area contributed by atoms with Gasteiger partial charge in [-0.2, -0.15) is 5.26 Å². The van der Waals surface area contributed by atoms with Gasteiger partial charge >= 0.3 is 0 Å². The minimum absolute atomic E-state index is 0.154. The Balaban J connectivity index is 2.00. The van der Waals surface area contributed by atoms with Crippen molar-refractivity contribution < 1.29 is 4.74 Å². The number of unbranched alkanes of at least 4 members (excludes halogenated alkanes) is 1. The summed E-state index contributed by atoms with van der Waals surface area (Å²) in [5, 5.41) is 8.43. The SMILES string of the molecule is N#CCCCOc1ccc2c(c1)[C@@H](N)CCC2. The third-order valence-corrected chi connectivity index (χ3v) is 3.18. The van der Waals surface area contributed by atoms with Crippen LogP contribution < -0.4 is 10.5 Å². The number of nitrogens with two attached hydrogens (primary N) is 1. The first kappa shape index (κ1) is 11.9. The van der Waals surface area contributed by atoms with Crippen LogP contribution in [0.25, 0.3) is 0 Å². The standard InChI is InChI=1S/C14H18N2O/c15-8-1-2-9-17-12-7-6-11-4-3-5-14(16)13(11)10-12/h6-7,10,14H,1-5,9,16H2/t14-/m0/s1. The Morgan fingerprint density at radius 1 is 1.47 bits per heavy atom. The highest BCUT2D eigenvalue weighted by Gasteiger charge is 2.17. The maximum Gasteiger partial charge on any atom is 0.119 e. The molecule has 1 aromatic rings. The summed E-state index contributed by atoms with van der Waals surface area (Å²) in [5.74, 6) is 0.874. The average Bonchev–Trinajstić information content (AvgIpc) is 2.36. The van der Waals surface area contributed by atoms with Gasteiger partial charge in [-0.25, -0.2) is 0 Å². The van der Waals surface area contributed by atoms with Crippen molar-refractivity contribution in [2.75, 3.05) is 6.61 Å². The van der Waals surface area contributed by atoms with Crippen LogP contribution in [0.2, 0.25) is 0 Å². The first-order valence-electron chi connectivity index (χ1n) is 6.19. The van der Waals surface area contributed by atoms with Crippen molar-refractivity contribution in [3.8, 4) is 11.8 Å². The van der Waals surface area contributed by atoms with Gasteiger partial charge in [-0.1, -0.05) is 6.07 Å². The highest BCUT2D eigenvalue weighted by Crippen LogP contribution is 2.30. The molecule has 0 saturated carbocycles. The zero-order chi connectivity index (χ0) is 12.1. The average molecular weight is 230 g/mol. The number of ether oxygens (including phenoxy) is 1.